The number of carbonyl (C=O) groups is 3. The Morgan fingerprint density at radius 3 is 2.29 bits per heavy atom. The van der Waals surface area contributed by atoms with E-state index in [4.69, 9.17) is 34.7 Å². The van der Waals surface area contributed by atoms with Crippen LogP contribution in [0.15, 0.2) is 23.2 Å². The van der Waals surface area contributed by atoms with Crippen LogP contribution < -0.4 is 22.1 Å². The zero-order valence-corrected chi connectivity index (χ0v) is 20.7. The van der Waals surface area contributed by atoms with Crippen molar-refractivity contribution in [3.8, 4) is 0 Å². The number of amides is 3. The van der Waals surface area contributed by atoms with Crippen molar-refractivity contribution in [3.63, 3.8) is 0 Å². The molecule has 10 nitrogen and oxygen atoms in total. The summed E-state index contributed by atoms with van der Waals surface area (Å²) in [6, 6.07) is 3.90. The van der Waals surface area contributed by atoms with Gasteiger partial charge in [-0.25, -0.2) is 14.5 Å². The monoisotopic (exact) mass is 514 g/mol. The van der Waals surface area contributed by atoms with Gasteiger partial charge in [-0.15, -0.1) is 0 Å². The lowest BCUT2D eigenvalue weighted by molar-refractivity contribution is -0.158. The summed E-state index contributed by atoms with van der Waals surface area (Å²) in [6.45, 7) is 1.26. The number of rotatable bonds is 10. The van der Waals surface area contributed by atoms with Gasteiger partial charge in [0.2, 0.25) is 11.6 Å². The van der Waals surface area contributed by atoms with Crippen molar-refractivity contribution < 1.29 is 19.5 Å². The molecule has 0 bridgehead atoms. The molecule has 1 saturated carbocycles. The van der Waals surface area contributed by atoms with Crippen LogP contribution in [0, 0.1) is 0 Å². The number of nitrogens with zero attached hydrogens (tertiary/aromatic N) is 2. The first kappa shape index (κ1) is 27.7. The molecule has 0 aliphatic heterocycles. The van der Waals surface area contributed by atoms with Gasteiger partial charge in [0.1, 0.15) is 0 Å². The second-order valence-electron chi connectivity index (χ2n) is 8.35. The highest BCUT2D eigenvalue weighted by molar-refractivity contribution is 6.34. The Labute approximate surface area is 209 Å². The van der Waals surface area contributed by atoms with Crippen LogP contribution in [0.5, 0.6) is 0 Å². The number of nitrogens with one attached hydrogen (secondary N) is 2. The SMILES string of the molecule is CC(=O)N(C(=O)NC1CCCCC1)[C@](CCCN=C(N)N)(NCc1cc(Cl)cc(Cl)c1)C(=O)O. The van der Waals surface area contributed by atoms with Crippen LogP contribution in [0.25, 0.3) is 0 Å². The maximum Gasteiger partial charge on any atom is 0.345 e. The Morgan fingerprint density at radius 1 is 1.15 bits per heavy atom. The predicted octanol–water partition coefficient (Wildman–Crippen LogP) is 2.81. The fourth-order valence-corrected chi connectivity index (χ4v) is 4.70. The summed E-state index contributed by atoms with van der Waals surface area (Å²) < 4.78 is 0. The zero-order chi connectivity index (χ0) is 25.3. The number of aliphatic carboxylic acids is 1. The predicted molar refractivity (Wildman–Crippen MR) is 132 cm³/mol. The largest absolute Gasteiger partial charge is 0.478 e. The molecule has 1 atom stereocenters. The third kappa shape index (κ3) is 7.75. The fraction of sp³-hybridized carbons (Fsp3) is 0.545. The molecule has 1 aliphatic rings. The molecule has 1 aromatic carbocycles. The minimum Gasteiger partial charge on any atom is -0.478 e. The molecule has 188 valence electrons. The zero-order valence-electron chi connectivity index (χ0n) is 19.2. The average molecular weight is 515 g/mol. The lowest BCUT2D eigenvalue weighted by Crippen LogP contribution is -2.69. The van der Waals surface area contributed by atoms with Crippen LogP contribution in [0.4, 0.5) is 4.79 Å². The molecule has 0 spiro atoms. The van der Waals surface area contributed by atoms with Crippen LogP contribution in [-0.2, 0) is 16.1 Å². The van der Waals surface area contributed by atoms with Crippen molar-refractivity contribution in [2.45, 2.75) is 70.1 Å². The Balaban J connectivity index is 2.38. The Kier molecular flexibility index (Phi) is 10.4. The van der Waals surface area contributed by atoms with Crippen LogP contribution >= 0.6 is 23.2 Å². The normalized spacial score (nSPS) is 15.7. The number of imide groups is 1. The van der Waals surface area contributed by atoms with Gasteiger partial charge in [0.15, 0.2) is 5.96 Å². The number of urea groups is 1. The molecule has 7 N–H and O–H groups in total. The summed E-state index contributed by atoms with van der Waals surface area (Å²) in [6.07, 6.45) is 4.60. The summed E-state index contributed by atoms with van der Waals surface area (Å²) >= 11 is 12.1. The van der Waals surface area contributed by atoms with Crippen LogP contribution in [0.1, 0.15) is 57.4 Å². The van der Waals surface area contributed by atoms with E-state index in [-0.39, 0.29) is 37.9 Å². The van der Waals surface area contributed by atoms with E-state index in [0.717, 1.165) is 43.9 Å². The molecule has 2 rings (SSSR count). The molecule has 0 aromatic heterocycles. The van der Waals surface area contributed by atoms with Crippen molar-refractivity contribution >= 4 is 47.1 Å². The molecule has 3 amide bonds. The van der Waals surface area contributed by atoms with E-state index in [2.05, 4.69) is 15.6 Å². The minimum absolute atomic E-state index is 0.0185. The third-order valence-electron chi connectivity index (χ3n) is 5.68. The van der Waals surface area contributed by atoms with Gasteiger partial charge in [0, 0.05) is 36.1 Å². The number of carbonyl (C=O) groups excluding carboxylic acids is 2. The van der Waals surface area contributed by atoms with E-state index in [1.165, 1.54) is 0 Å². The topological polar surface area (TPSA) is 163 Å². The number of guanidine groups is 1. The number of carboxylic acid groups (broad SMARTS) is 1. The maximum atomic E-state index is 13.2. The van der Waals surface area contributed by atoms with E-state index in [9.17, 15) is 19.5 Å². The lowest BCUT2D eigenvalue weighted by Gasteiger charge is -2.40. The first-order valence-corrected chi connectivity index (χ1v) is 11.9. The minimum atomic E-state index is -2.06. The van der Waals surface area contributed by atoms with E-state index in [1.807, 2.05) is 0 Å². The third-order valence-corrected chi connectivity index (χ3v) is 6.12. The summed E-state index contributed by atoms with van der Waals surface area (Å²) in [5, 5.41) is 16.8. The Morgan fingerprint density at radius 2 is 1.76 bits per heavy atom. The molecule has 1 fully saturated rings. The number of hydrogen-bond donors (Lipinski definition) is 5. The standard InChI is InChI=1S/C22H32Cl2N6O4/c1-14(31)30(21(34)29-18-6-3-2-4-7-18)22(19(32)33,8-5-9-27-20(25)26)28-13-15-10-16(23)12-17(24)11-15/h10-12,18,28H,2-9,13H2,1H3,(H,29,34)(H,32,33)(H4,25,26,27)/t22-/m0/s1. The van der Waals surface area contributed by atoms with Gasteiger partial charge >= 0.3 is 12.0 Å². The smallest absolute Gasteiger partial charge is 0.345 e. The van der Waals surface area contributed by atoms with Gasteiger partial charge in [0.25, 0.3) is 0 Å². The molecule has 34 heavy (non-hydrogen) atoms. The van der Waals surface area contributed by atoms with Crippen molar-refractivity contribution in [2.75, 3.05) is 6.54 Å². The molecule has 0 radical (unpaired) electrons. The van der Waals surface area contributed by atoms with Gasteiger partial charge in [-0.05, 0) is 49.4 Å². The number of halogens is 2. The molecule has 0 unspecified atom stereocenters. The van der Waals surface area contributed by atoms with Gasteiger partial charge in [-0.3, -0.25) is 15.1 Å². The molecular formula is C22H32Cl2N6O4. The molecule has 1 aromatic rings. The molecule has 12 heteroatoms. The van der Waals surface area contributed by atoms with Crippen molar-refractivity contribution in [1.29, 1.82) is 0 Å². The highest BCUT2D eigenvalue weighted by Crippen LogP contribution is 2.25. The number of benzene rings is 1. The van der Waals surface area contributed by atoms with Crippen LogP contribution in [0.3, 0.4) is 0 Å². The second-order valence-corrected chi connectivity index (χ2v) is 9.22. The van der Waals surface area contributed by atoms with E-state index < -0.39 is 23.6 Å². The summed E-state index contributed by atoms with van der Waals surface area (Å²) in [5.41, 5.74) is 9.26. The summed E-state index contributed by atoms with van der Waals surface area (Å²) in [7, 11) is 0. The molecule has 1 aliphatic carbocycles. The van der Waals surface area contributed by atoms with Gasteiger partial charge in [0.05, 0.1) is 0 Å². The van der Waals surface area contributed by atoms with Gasteiger partial charge in [-0.1, -0.05) is 42.5 Å². The van der Waals surface area contributed by atoms with Gasteiger partial charge in [-0.2, -0.15) is 0 Å². The second kappa shape index (κ2) is 12.8. The maximum absolute atomic E-state index is 13.2. The van der Waals surface area contributed by atoms with E-state index in [1.54, 1.807) is 18.2 Å². The highest BCUT2D eigenvalue weighted by Gasteiger charge is 2.49. The first-order chi connectivity index (χ1) is 16.0. The van der Waals surface area contributed by atoms with E-state index >= 15 is 0 Å². The highest BCUT2D eigenvalue weighted by atomic mass is 35.5. The number of nitrogens with two attached hydrogens (primary N) is 2. The van der Waals surface area contributed by atoms with Crippen LogP contribution in [0.2, 0.25) is 10.0 Å². The quantitative estimate of drug-likeness (QED) is 0.138. The lowest BCUT2D eigenvalue weighted by atomic mass is 9.95. The first-order valence-electron chi connectivity index (χ1n) is 11.1. The van der Waals surface area contributed by atoms with E-state index in [0.29, 0.717) is 15.6 Å². The summed E-state index contributed by atoms with van der Waals surface area (Å²) in [5.74, 6) is -2.24. The van der Waals surface area contributed by atoms with Crippen molar-refractivity contribution in [3.05, 3.63) is 33.8 Å². The van der Waals surface area contributed by atoms with Crippen LogP contribution in [-0.4, -0.2) is 52.1 Å². The number of hydrogen-bond acceptors (Lipinski definition) is 5. The number of aliphatic imine (C=N–C) groups is 1. The number of carboxylic acids is 1. The molecule has 0 heterocycles. The van der Waals surface area contributed by atoms with Crippen molar-refractivity contribution in [2.24, 2.45) is 16.5 Å². The average Bonchev–Trinajstić information content (AvgIpc) is 2.74. The molecule has 0 saturated heterocycles. The fourth-order valence-electron chi connectivity index (χ4n) is 4.13. The van der Waals surface area contributed by atoms with Crippen molar-refractivity contribution in [1.82, 2.24) is 15.5 Å². The van der Waals surface area contributed by atoms with Gasteiger partial charge < -0.3 is 21.9 Å². The Bertz CT molecular complexity index is 898. The summed E-state index contributed by atoms with van der Waals surface area (Å²) in [4.78, 5) is 43.2. The Hall–Kier alpha value is -2.56. The molecular weight excluding hydrogens is 483 g/mol.